The van der Waals surface area contributed by atoms with Gasteiger partial charge in [-0.2, -0.15) is 0 Å². The SMILES string of the molecule is CC1CC(C(=O)N(C)CC2CCOCC2)CCC1N. The van der Waals surface area contributed by atoms with Crippen molar-refractivity contribution in [3.63, 3.8) is 0 Å². The number of nitrogens with zero attached hydrogens (tertiary/aromatic N) is 1. The summed E-state index contributed by atoms with van der Waals surface area (Å²) in [5, 5.41) is 0. The van der Waals surface area contributed by atoms with E-state index in [1.165, 1.54) is 0 Å². The number of hydrogen-bond acceptors (Lipinski definition) is 3. The minimum Gasteiger partial charge on any atom is -0.381 e. The second kappa shape index (κ2) is 6.71. The summed E-state index contributed by atoms with van der Waals surface area (Å²) in [6.45, 7) is 4.76. The molecule has 3 atom stereocenters. The number of hydrogen-bond donors (Lipinski definition) is 1. The van der Waals surface area contributed by atoms with Crippen LogP contribution < -0.4 is 5.73 Å². The first kappa shape index (κ1) is 14.8. The standard InChI is InChI=1S/C15H28N2O2/c1-11-9-13(3-4-14(11)16)15(18)17(2)10-12-5-7-19-8-6-12/h11-14H,3-10,16H2,1-2H3. The van der Waals surface area contributed by atoms with Gasteiger partial charge in [0.25, 0.3) is 0 Å². The lowest BCUT2D eigenvalue weighted by Gasteiger charge is -2.34. The van der Waals surface area contributed by atoms with Crippen LogP contribution in [0.3, 0.4) is 0 Å². The fourth-order valence-electron chi connectivity index (χ4n) is 3.36. The highest BCUT2D eigenvalue weighted by molar-refractivity contribution is 5.78. The first-order valence-electron chi connectivity index (χ1n) is 7.66. The van der Waals surface area contributed by atoms with Crippen LogP contribution >= 0.6 is 0 Å². The third-order valence-corrected chi connectivity index (χ3v) is 4.83. The van der Waals surface area contributed by atoms with E-state index >= 15 is 0 Å². The van der Waals surface area contributed by atoms with E-state index in [4.69, 9.17) is 10.5 Å². The Morgan fingerprint density at radius 3 is 2.58 bits per heavy atom. The normalized spacial score (nSPS) is 33.1. The van der Waals surface area contributed by atoms with Gasteiger partial charge in [0.1, 0.15) is 0 Å². The predicted molar refractivity (Wildman–Crippen MR) is 75.7 cm³/mol. The van der Waals surface area contributed by atoms with Crippen molar-refractivity contribution in [3.8, 4) is 0 Å². The molecule has 2 fully saturated rings. The maximum Gasteiger partial charge on any atom is 0.225 e. The molecule has 110 valence electrons. The lowest BCUT2D eigenvalue weighted by molar-refractivity contribution is -0.136. The monoisotopic (exact) mass is 268 g/mol. The van der Waals surface area contributed by atoms with Gasteiger partial charge in [0.2, 0.25) is 5.91 Å². The summed E-state index contributed by atoms with van der Waals surface area (Å²) in [6, 6.07) is 0.282. The van der Waals surface area contributed by atoms with E-state index in [0.717, 1.165) is 51.9 Å². The van der Waals surface area contributed by atoms with E-state index in [1.54, 1.807) is 0 Å². The minimum atomic E-state index is 0.194. The first-order chi connectivity index (χ1) is 9.08. The number of nitrogens with two attached hydrogens (primary N) is 1. The molecule has 0 radical (unpaired) electrons. The summed E-state index contributed by atoms with van der Waals surface area (Å²) in [6.07, 6.45) is 5.08. The summed E-state index contributed by atoms with van der Waals surface area (Å²) in [5.74, 6) is 1.61. The van der Waals surface area contributed by atoms with Gasteiger partial charge in [0, 0.05) is 38.8 Å². The zero-order chi connectivity index (χ0) is 13.8. The van der Waals surface area contributed by atoms with Crippen molar-refractivity contribution < 1.29 is 9.53 Å². The highest BCUT2D eigenvalue weighted by Gasteiger charge is 2.31. The quantitative estimate of drug-likeness (QED) is 0.846. The average Bonchev–Trinajstić information content (AvgIpc) is 2.42. The molecule has 4 heteroatoms. The van der Waals surface area contributed by atoms with Crippen LogP contribution in [0.2, 0.25) is 0 Å². The zero-order valence-electron chi connectivity index (χ0n) is 12.3. The van der Waals surface area contributed by atoms with E-state index in [2.05, 4.69) is 6.92 Å². The molecule has 0 aromatic rings. The molecule has 2 N–H and O–H groups in total. The van der Waals surface area contributed by atoms with Crippen molar-refractivity contribution >= 4 is 5.91 Å². The lowest BCUT2D eigenvalue weighted by Crippen LogP contribution is -2.42. The average molecular weight is 268 g/mol. The van der Waals surface area contributed by atoms with Crippen molar-refractivity contribution in [3.05, 3.63) is 0 Å². The highest BCUT2D eigenvalue weighted by Crippen LogP contribution is 2.29. The zero-order valence-corrected chi connectivity index (χ0v) is 12.3. The minimum absolute atomic E-state index is 0.194. The second-order valence-electron chi connectivity index (χ2n) is 6.43. The molecule has 0 bridgehead atoms. The number of rotatable bonds is 3. The van der Waals surface area contributed by atoms with E-state index in [9.17, 15) is 4.79 Å². The van der Waals surface area contributed by atoms with Gasteiger partial charge in [-0.05, 0) is 43.9 Å². The van der Waals surface area contributed by atoms with Crippen molar-refractivity contribution in [1.29, 1.82) is 0 Å². The molecule has 0 aromatic heterocycles. The van der Waals surface area contributed by atoms with Crippen LogP contribution in [0.1, 0.15) is 39.0 Å². The summed E-state index contributed by atoms with van der Waals surface area (Å²) in [5.41, 5.74) is 6.03. The van der Waals surface area contributed by atoms with E-state index in [-0.39, 0.29) is 12.0 Å². The molecular weight excluding hydrogens is 240 g/mol. The maximum atomic E-state index is 12.5. The third-order valence-electron chi connectivity index (χ3n) is 4.83. The maximum absolute atomic E-state index is 12.5. The van der Waals surface area contributed by atoms with E-state index in [0.29, 0.717) is 17.7 Å². The molecule has 1 saturated heterocycles. The van der Waals surface area contributed by atoms with Gasteiger partial charge < -0.3 is 15.4 Å². The molecule has 0 spiro atoms. The third kappa shape index (κ3) is 3.93. The summed E-state index contributed by atoms with van der Waals surface area (Å²) in [7, 11) is 1.96. The van der Waals surface area contributed by atoms with Gasteiger partial charge >= 0.3 is 0 Å². The van der Waals surface area contributed by atoms with Gasteiger partial charge in [0.05, 0.1) is 0 Å². The summed E-state index contributed by atoms with van der Waals surface area (Å²) >= 11 is 0. The number of carbonyl (C=O) groups excluding carboxylic acids is 1. The van der Waals surface area contributed by atoms with Crippen LogP contribution in [-0.4, -0.2) is 43.7 Å². The Morgan fingerprint density at radius 1 is 1.26 bits per heavy atom. The van der Waals surface area contributed by atoms with Gasteiger partial charge in [-0.3, -0.25) is 4.79 Å². The molecule has 1 saturated carbocycles. The van der Waals surface area contributed by atoms with Gasteiger partial charge in [0.15, 0.2) is 0 Å². The van der Waals surface area contributed by atoms with Crippen LogP contribution in [-0.2, 0) is 9.53 Å². The summed E-state index contributed by atoms with van der Waals surface area (Å²) < 4.78 is 5.37. The molecule has 0 aromatic carbocycles. The molecule has 2 rings (SSSR count). The van der Waals surface area contributed by atoms with Crippen molar-refractivity contribution in [2.45, 2.75) is 45.1 Å². The molecule has 3 unspecified atom stereocenters. The molecule has 1 heterocycles. The lowest BCUT2D eigenvalue weighted by atomic mass is 9.78. The van der Waals surface area contributed by atoms with Crippen LogP contribution in [0.5, 0.6) is 0 Å². The second-order valence-corrected chi connectivity index (χ2v) is 6.43. The van der Waals surface area contributed by atoms with Gasteiger partial charge in [-0.15, -0.1) is 0 Å². The molecule has 1 aliphatic carbocycles. The van der Waals surface area contributed by atoms with Crippen molar-refractivity contribution in [1.82, 2.24) is 4.90 Å². The van der Waals surface area contributed by atoms with Crippen molar-refractivity contribution in [2.75, 3.05) is 26.8 Å². The van der Waals surface area contributed by atoms with Crippen molar-refractivity contribution in [2.24, 2.45) is 23.5 Å². The van der Waals surface area contributed by atoms with Crippen LogP contribution in [0.4, 0.5) is 0 Å². The van der Waals surface area contributed by atoms with E-state index < -0.39 is 0 Å². The predicted octanol–water partition coefficient (Wildman–Crippen LogP) is 1.63. The molecule has 19 heavy (non-hydrogen) atoms. The Bertz CT molecular complexity index is 303. The Hall–Kier alpha value is -0.610. The first-order valence-corrected chi connectivity index (χ1v) is 7.66. The van der Waals surface area contributed by atoms with Crippen LogP contribution in [0.25, 0.3) is 0 Å². The molecule has 4 nitrogen and oxygen atoms in total. The fraction of sp³-hybridized carbons (Fsp3) is 0.933. The van der Waals surface area contributed by atoms with E-state index in [1.807, 2.05) is 11.9 Å². The van der Waals surface area contributed by atoms with Crippen LogP contribution in [0.15, 0.2) is 0 Å². The fourth-order valence-corrected chi connectivity index (χ4v) is 3.36. The Labute approximate surface area is 116 Å². The molecule has 1 aliphatic heterocycles. The number of carbonyl (C=O) groups is 1. The smallest absolute Gasteiger partial charge is 0.225 e. The largest absolute Gasteiger partial charge is 0.381 e. The Morgan fingerprint density at radius 2 is 1.95 bits per heavy atom. The molecular formula is C15H28N2O2. The summed E-state index contributed by atoms with van der Waals surface area (Å²) in [4.78, 5) is 14.4. The Balaban J connectivity index is 1.81. The van der Waals surface area contributed by atoms with Gasteiger partial charge in [-0.1, -0.05) is 6.92 Å². The highest BCUT2D eigenvalue weighted by atomic mass is 16.5. The number of amides is 1. The number of ether oxygens (including phenoxy) is 1. The molecule has 1 amide bonds. The topological polar surface area (TPSA) is 55.6 Å². The Kier molecular flexibility index (Phi) is 5.22. The molecule has 2 aliphatic rings. The van der Waals surface area contributed by atoms with Crippen LogP contribution in [0, 0.1) is 17.8 Å². The van der Waals surface area contributed by atoms with Gasteiger partial charge in [-0.25, -0.2) is 0 Å².